The Kier molecular flexibility index (Phi) is 6.57. The van der Waals surface area contributed by atoms with Gasteiger partial charge in [0.15, 0.2) is 0 Å². The molecular formula is C25H22F3N5O4. The van der Waals surface area contributed by atoms with E-state index in [2.05, 4.69) is 25.3 Å². The van der Waals surface area contributed by atoms with E-state index in [1.165, 1.54) is 30.5 Å². The predicted octanol–water partition coefficient (Wildman–Crippen LogP) is 5.52. The summed E-state index contributed by atoms with van der Waals surface area (Å²) in [6, 6.07) is 14.0. The van der Waals surface area contributed by atoms with E-state index in [0.717, 1.165) is 11.9 Å². The van der Waals surface area contributed by atoms with Gasteiger partial charge in [0.05, 0.1) is 11.0 Å². The first-order valence-corrected chi connectivity index (χ1v) is 11.4. The molecule has 5 rings (SSSR count). The summed E-state index contributed by atoms with van der Waals surface area (Å²) in [5.41, 5.74) is 1.99. The van der Waals surface area contributed by atoms with Crippen LogP contribution in [0.5, 0.6) is 17.2 Å². The minimum Gasteiger partial charge on any atom is -0.457 e. The molecule has 1 aliphatic rings. The van der Waals surface area contributed by atoms with Gasteiger partial charge in [0.2, 0.25) is 5.95 Å². The molecular weight excluding hydrogens is 491 g/mol. The number of halogens is 3. The number of amides is 1. The summed E-state index contributed by atoms with van der Waals surface area (Å²) in [4.78, 5) is 21.0. The Labute approximate surface area is 209 Å². The monoisotopic (exact) mass is 513 g/mol. The Morgan fingerprint density at radius 2 is 1.84 bits per heavy atom. The molecule has 0 aliphatic carbocycles. The molecule has 37 heavy (non-hydrogen) atoms. The number of benzene rings is 2. The molecule has 2 aromatic carbocycles. The number of carbonyl (C=O) groups excluding carboxylic acids is 1. The van der Waals surface area contributed by atoms with Crippen LogP contribution in [0.2, 0.25) is 0 Å². The quantitative estimate of drug-likeness (QED) is 0.336. The van der Waals surface area contributed by atoms with Crippen molar-refractivity contribution < 1.29 is 32.2 Å². The van der Waals surface area contributed by atoms with Gasteiger partial charge in [-0.3, -0.25) is 4.79 Å². The van der Waals surface area contributed by atoms with E-state index < -0.39 is 12.5 Å². The zero-order valence-electron chi connectivity index (χ0n) is 19.6. The molecule has 1 aliphatic heterocycles. The van der Waals surface area contributed by atoms with Crippen LogP contribution in [-0.2, 0) is 16.6 Å². The van der Waals surface area contributed by atoms with E-state index in [-0.39, 0.29) is 11.7 Å². The van der Waals surface area contributed by atoms with E-state index in [4.69, 9.17) is 9.47 Å². The molecule has 0 bridgehead atoms. The summed E-state index contributed by atoms with van der Waals surface area (Å²) in [6.07, 6.45) is -2.15. The highest BCUT2D eigenvalue weighted by molar-refractivity contribution is 5.93. The molecule has 1 fully saturated rings. The van der Waals surface area contributed by atoms with Gasteiger partial charge >= 0.3 is 6.36 Å². The summed E-state index contributed by atoms with van der Waals surface area (Å²) in [7, 11) is 1.81. The van der Waals surface area contributed by atoms with Gasteiger partial charge < -0.3 is 29.4 Å². The number of carbonyl (C=O) groups is 1. The fourth-order valence-electron chi connectivity index (χ4n) is 3.89. The zero-order chi connectivity index (χ0) is 26.0. The van der Waals surface area contributed by atoms with Crippen LogP contribution in [0.15, 0.2) is 60.8 Å². The van der Waals surface area contributed by atoms with Crippen LogP contribution in [0.25, 0.3) is 11.0 Å². The Morgan fingerprint density at radius 1 is 1.08 bits per heavy atom. The molecule has 0 radical (unpaired) electrons. The van der Waals surface area contributed by atoms with Gasteiger partial charge in [-0.1, -0.05) is 0 Å². The topological polar surface area (TPSA) is 99.5 Å². The largest absolute Gasteiger partial charge is 0.573 e. The number of rotatable bonds is 7. The number of fused-ring (bicyclic) bond motifs is 1. The summed E-state index contributed by atoms with van der Waals surface area (Å²) < 4.78 is 54.2. The number of nitrogens with zero attached hydrogens (tertiary/aromatic N) is 3. The maximum atomic E-state index is 12.4. The highest BCUT2D eigenvalue weighted by Gasteiger charge is 2.31. The lowest BCUT2D eigenvalue weighted by Gasteiger charge is -2.11. The summed E-state index contributed by atoms with van der Waals surface area (Å²) in [5.74, 6) is 1.30. The third-order valence-electron chi connectivity index (χ3n) is 5.64. The zero-order valence-corrected chi connectivity index (χ0v) is 19.6. The van der Waals surface area contributed by atoms with Crippen LogP contribution in [0, 0.1) is 0 Å². The lowest BCUT2D eigenvalue weighted by atomic mass is 10.2. The van der Waals surface area contributed by atoms with Crippen LogP contribution in [0.1, 0.15) is 12.8 Å². The number of hydrogen-bond acceptors (Lipinski definition) is 7. The Bertz CT molecular complexity index is 1420. The Hall–Kier alpha value is -4.32. The van der Waals surface area contributed by atoms with E-state index in [1.807, 2.05) is 17.7 Å². The second-order valence-electron chi connectivity index (χ2n) is 8.31. The van der Waals surface area contributed by atoms with Crippen molar-refractivity contribution in [2.45, 2.75) is 25.3 Å². The highest BCUT2D eigenvalue weighted by Crippen LogP contribution is 2.30. The molecule has 1 saturated heterocycles. The average molecular weight is 513 g/mol. The van der Waals surface area contributed by atoms with Crippen LogP contribution < -0.4 is 20.1 Å². The second-order valence-corrected chi connectivity index (χ2v) is 8.31. The number of pyridine rings is 1. The van der Waals surface area contributed by atoms with Gasteiger partial charge in [-0.25, -0.2) is 9.97 Å². The van der Waals surface area contributed by atoms with Crippen molar-refractivity contribution >= 4 is 34.4 Å². The summed E-state index contributed by atoms with van der Waals surface area (Å²) >= 11 is 0. The first-order valence-electron chi connectivity index (χ1n) is 11.4. The molecule has 2 N–H and O–H groups in total. The number of anilines is 3. The average Bonchev–Trinajstić information content (AvgIpc) is 3.49. The number of alkyl halides is 3. The lowest BCUT2D eigenvalue weighted by Crippen LogP contribution is -2.27. The van der Waals surface area contributed by atoms with Crippen molar-refractivity contribution in [1.82, 2.24) is 14.5 Å². The third kappa shape index (κ3) is 5.92. The Balaban J connectivity index is 1.28. The van der Waals surface area contributed by atoms with Crippen molar-refractivity contribution in [3.8, 4) is 17.2 Å². The number of nitrogens with one attached hydrogen (secondary N) is 2. The van der Waals surface area contributed by atoms with Crippen LogP contribution in [0.4, 0.5) is 30.6 Å². The van der Waals surface area contributed by atoms with Crippen LogP contribution in [-0.4, -0.2) is 39.5 Å². The highest BCUT2D eigenvalue weighted by atomic mass is 19.4. The molecule has 12 heteroatoms. The van der Waals surface area contributed by atoms with Crippen molar-refractivity contribution in [3.63, 3.8) is 0 Å². The first-order chi connectivity index (χ1) is 17.7. The molecule has 0 spiro atoms. The van der Waals surface area contributed by atoms with Gasteiger partial charge in [-0.2, -0.15) is 0 Å². The van der Waals surface area contributed by atoms with Crippen molar-refractivity contribution in [3.05, 3.63) is 60.8 Å². The fraction of sp³-hybridized carbons (Fsp3) is 0.240. The van der Waals surface area contributed by atoms with Gasteiger partial charge in [-0.15, -0.1) is 13.2 Å². The normalized spacial score (nSPS) is 15.5. The van der Waals surface area contributed by atoms with E-state index in [0.29, 0.717) is 47.5 Å². The van der Waals surface area contributed by atoms with Gasteiger partial charge in [0, 0.05) is 37.7 Å². The molecule has 192 valence electrons. The molecule has 1 atom stereocenters. The SMILES string of the molecule is Cn1c(Nc2ccc(OC(F)(F)F)cc2)nc2cc(Oc3ccnc(NC(=O)C4CCCO4)c3)ccc21. The molecule has 2 aromatic heterocycles. The van der Waals surface area contributed by atoms with Crippen LogP contribution >= 0.6 is 0 Å². The molecule has 0 saturated carbocycles. The molecule has 4 aromatic rings. The minimum atomic E-state index is -4.75. The number of ether oxygens (including phenoxy) is 3. The standard InChI is InChI=1S/C25H22F3N5O4/c1-33-20-9-8-17(36-18-10-11-29-22(14-18)32-23(34)21-3-2-12-35-21)13-19(20)31-24(33)30-15-4-6-16(7-5-15)37-25(26,27)28/h4-11,13-14,21H,2-3,12H2,1H3,(H,30,31)(H,29,32,34). The van der Waals surface area contributed by atoms with Gasteiger partial charge in [0.1, 0.15) is 29.2 Å². The minimum absolute atomic E-state index is 0.236. The van der Waals surface area contributed by atoms with E-state index in [9.17, 15) is 18.0 Å². The smallest absolute Gasteiger partial charge is 0.457 e. The summed E-state index contributed by atoms with van der Waals surface area (Å²) in [5, 5.41) is 5.83. The molecule has 1 unspecified atom stereocenters. The van der Waals surface area contributed by atoms with Gasteiger partial charge in [0.25, 0.3) is 5.91 Å². The fourth-order valence-corrected chi connectivity index (χ4v) is 3.89. The molecule has 1 amide bonds. The van der Waals surface area contributed by atoms with Gasteiger partial charge in [-0.05, 0) is 55.3 Å². The molecule has 3 heterocycles. The van der Waals surface area contributed by atoms with E-state index >= 15 is 0 Å². The first kappa shape index (κ1) is 24.4. The summed E-state index contributed by atoms with van der Waals surface area (Å²) in [6.45, 7) is 0.575. The third-order valence-corrected chi connectivity index (χ3v) is 5.64. The van der Waals surface area contributed by atoms with Crippen molar-refractivity contribution in [2.24, 2.45) is 7.05 Å². The number of aromatic nitrogens is 3. The number of aryl methyl sites for hydroxylation is 1. The van der Waals surface area contributed by atoms with Crippen LogP contribution in [0.3, 0.4) is 0 Å². The maximum absolute atomic E-state index is 12.4. The molecule has 9 nitrogen and oxygen atoms in total. The Morgan fingerprint density at radius 3 is 2.57 bits per heavy atom. The number of hydrogen-bond donors (Lipinski definition) is 2. The lowest BCUT2D eigenvalue weighted by molar-refractivity contribution is -0.274. The number of imidazole rings is 1. The van der Waals surface area contributed by atoms with Crippen molar-refractivity contribution in [1.29, 1.82) is 0 Å². The predicted molar refractivity (Wildman–Crippen MR) is 129 cm³/mol. The second kappa shape index (κ2) is 9.97. The van der Waals surface area contributed by atoms with Crippen molar-refractivity contribution in [2.75, 3.05) is 17.2 Å². The maximum Gasteiger partial charge on any atom is 0.573 e. The van der Waals surface area contributed by atoms with E-state index in [1.54, 1.807) is 24.3 Å².